The standard InChI is InChI=1S/C22H19NO4/c1-13(24)19-14(2)27-22-17-8-4-3-7-16(17)21-18(20(19)22)11-23(12-26-21)10-15-6-5-9-25-15/h3-9H,10-12H2,1-2H3. The van der Waals surface area contributed by atoms with E-state index in [-0.39, 0.29) is 5.78 Å². The fraction of sp³-hybridized carbons (Fsp3) is 0.227. The summed E-state index contributed by atoms with van der Waals surface area (Å²) in [6.07, 6.45) is 1.67. The summed E-state index contributed by atoms with van der Waals surface area (Å²) in [5.41, 5.74) is 2.41. The van der Waals surface area contributed by atoms with Gasteiger partial charge < -0.3 is 13.6 Å². The fourth-order valence-corrected chi connectivity index (χ4v) is 4.07. The number of fused-ring (bicyclic) bond motifs is 6. The fourth-order valence-electron chi connectivity index (χ4n) is 4.07. The van der Waals surface area contributed by atoms with Crippen LogP contribution in [0.4, 0.5) is 0 Å². The second kappa shape index (κ2) is 5.99. The molecule has 0 atom stereocenters. The lowest BCUT2D eigenvalue weighted by Gasteiger charge is -2.29. The van der Waals surface area contributed by atoms with E-state index in [1.54, 1.807) is 13.2 Å². The Bertz CT molecular complexity index is 1170. The zero-order valence-corrected chi connectivity index (χ0v) is 15.2. The highest BCUT2D eigenvalue weighted by atomic mass is 16.5. The van der Waals surface area contributed by atoms with Gasteiger partial charge in [0.05, 0.1) is 18.4 Å². The largest absolute Gasteiger partial charge is 0.477 e. The number of carbonyl (C=O) groups excluding carboxylic acids is 1. The minimum absolute atomic E-state index is 0.00638. The van der Waals surface area contributed by atoms with Gasteiger partial charge in [-0.1, -0.05) is 24.3 Å². The van der Waals surface area contributed by atoms with Gasteiger partial charge in [-0.3, -0.25) is 9.69 Å². The molecule has 4 aromatic rings. The molecular weight excluding hydrogens is 342 g/mol. The van der Waals surface area contributed by atoms with E-state index in [4.69, 9.17) is 13.6 Å². The Hall–Kier alpha value is -3.05. The van der Waals surface area contributed by atoms with E-state index in [1.165, 1.54) is 0 Å². The van der Waals surface area contributed by atoms with Crippen molar-refractivity contribution in [3.05, 3.63) is 65.3 Å². The molecule has 0 amide bonds. The lowest BCUT2D eigenvalue weighted by atomic mass is 9.95. The average Bonchev–Trinajstić information content (AvgIpc) is 3.29. The van der Waals surface area contributed by atoms with Crippen LogP contribution in [0.3, 0.4) is 0 Å². The van der Waals surface area contributed by atoms with Crippen molar-refractivity contribution in [1.82, 2.24) is 4.90 Å². The van der Waals surface area contributed by atoms with Crippen molar-refractivity contribution in [2.24, 2.45) is 0 Å². The highest BCUT2D eigenvalue weighted by Gasteiger charge is 2.29. The van der Waals surface area contributed by atoms with Crippen molar-refractivity contribution >= 4 is 27.5 Å². The Morgan fingerprint density at radius 2 is 1.96 bits per heavy atom. The summed E-state index contributed by atoms with van der Waals surface area (Å²) in [7, 11) is 0. The van der Waals surface area contributed by atoms with Crippen molar-refractivity contribution in [2.45, 2.75) is 26.9 Å². The minimum atomic E-state index is 0.00638. The molecular formula is C22H19NO4. The normalized spacial score (nSPS) is 14.4. The van der Waals surface area contributed by atoms with Crippen LogP contribution in [0.1, 0.15) is 34.4 Å². The van der Waals surface area contributed by atoms with Crippen molar-refractivity contribution in [3.63, 3.8) is 0 Å². The predicted octanol–water partition coefficient (Wildman–Crippen LogP) is 5.04. The van der Waals surface area contributed by atoms with Gasteiger partial charge in [0.1, 0.15) is 29.6 Å². The summed E-state index contributed by atoms with van der Waals surface area (Å²) in [4.78, 5) is 14.5. The third-order valence-electron chi connectivity index (χ3n) is 5.16. The Morgan fingerprint density at radius 3 is 2.70 bits per heavy atom. The van der Waals surface area contributed by atoms with Gasteiger partial charge >= 0.3 is 0 Å². The highest BCUT2D eigenvalue weighted by Crippen LogP contribution is 2.44. The van der Waals surface area contributed by atoms with Crippen LogP contribution in [-0.2, 0) is 13.1 Å². The molecule has 0 saturated carbocycles. The summed E-state index contributed by atoms with van der Waals surface area (Å²) in [5.74, 6) is 2.39. The van der Waals surface area contributed by atoms with Crippen LogP contribution >= 0.6 is 0 Å². The maximum Gasteiger partial charge on any atom is 0.163 e. The number of Topliss-reactive ketones (excluding diaryl/α,β-unsaturated/α-hetero) is 1. The summed E-state index contributed by atoms with van der Waals surface area (Å²) in [6.45, 7) is 5.21. The molecule has 5 nitrogen and oxygen atoms in total. The molecule has 136 valence electrons. The van der Waals surface area contributed by atoms with Crippen LogP contribution in [0, 0.1) is 6.92 Å². The van der Waals surface area contributed by atoms with Gasteiger partial charge in [-0.25, -0.2) is 0 Å². The minimum Gasteiger partial charge on any atom is -0.477 e. The Balaban J connectivity index is 1.75. The van der Waals surface area contributed by atoms with Gasteiger partial charge in [-0.15, -0.1) is 0 Å². The molecule has 2 aromatic heterocycles. The number of ketones is 1. The smallest absolute Gasteiger partial charge is 0.163 e. The maximum absolute atomic E-state index is 12.4. The molecule has 0 N–H and O–H groups in total. The Kier molecular flexibility index (Phi) is 3.58. The van der Waals surface area contributed by atoms with Crippen LogP contribution in [0.2, 0.25) is 0 Å². The average molecular weight is 361 g/mol. The second-order valence-corrected chi connectivity index (χ2v) is 6.99. The molecule has 27 heavy (non-hydrogen) atoms. The molecule has 5 rings (SSSR count). The van der Waals surface area contributed by atoms with Gasteiger partial charge in [0.15, 0.2) is 5.78 Å². The molecule has 1 aliphatic heterocycles. The number of hydrogen-bond acceptors (Lipinski definition) is 5. The number of hydrogen-bond donors (Lipinski definition) is 0. The second-order valence-electron chi connectivity index (χ2n) is 6.99. The third-order valence-corrected chi connectivity index (χ3v) is 5.16. The van der Waals surface area contributed by atoms with E-state index in [9.17, 15) is 4.79 Å². The molecule has 5 heteroatoms. The first kappa shape index (κ1) is 16.1. The Morgan fingerprint density at radius 1 is 1.15 bits per heavy atom. The third kappa shape index (κ3) is 2.46. The Labute approximate surface area is 156 Å². The SMILES string of the molecule is CC(=O)c1c(C)oc2c1c1c(c3ccccc32)OCN(Cc2ccco2)C1. The van der Waals surface area contributed by atoms with E-state index in [0.717, 1.165) is 38.8 Å². The first-order valence-corrected chi connectivity index (χ1v) is 8.98. The first-order chi connectivity index (χ1) is 13.1. The van der Waals surface area contributed by atoms with Crippen molar-refractivity contribution in [1.29, 1.82) is 0 Å². The molecule has 0 radical (unpaired) electrons. The van der Waals surface area contributed by atoms with Gasteiger partial charge in [-0.2, -0.15) is 0 Å². The van der Waals surface area contributed by atoms with E-state index < -0.39 is 0 Å². The van der Waals surface area contributed by atoms with E-state index in [0.29, 0.717) is 31.1 Å². The van der Waals surface area contributed by atoms with Crippen molar-refractivity contribution in [2.75, 3.05) is 6.73 Å². The number of carbonyl (C=O) groups is 1. The number of rotatable bonds is 3. The van der Waals surface area contributed by atoms with E-state index in [2.05, 4.69) is 4.90 Å². The van der Waals surface area contributed by atoms with Crippen LogP contribution in [-0.4, -0.2) is 17.4 Å². The highest BCUT2D eigenvalue weighted by molar-refractivity contribution is 6.17. The topological polar surface area (TPSA) is 55.8 Å². The first-order valence-electron chi connectivity index (χ1n) is 8.98. The van der Waals surface area contributed by atoms with E-state index in [1.807, 2.05) is 43.3 Å². The quantitative estimate of drug-likeness (QED) is 0.478. The molecule has 0 bridgehead atoms. The van der Waals surface area contributed by atoms with Crippen LogP contribution in [0.15, 0.2) is 51.5 Å². The molecule has 0 unspecified atom stereocenters. The van der Waals surface area contributed by atoms with Gasteiger partial charge in [-0.05, 0) is 26.0 Å². The molecule has 2 aromatic carbocycles. The number of nitrogens with zero attached hydrogens (tertiary/aromatic N) is 1. The lowest BCUT2D eigenvalue weighted by molar-refractivity contribution is 0.0847. The number of furan rings is 2. The predicted molar refractivity (Wildman–Crippen MR) is 102 cm³/mol. The van der Waals surface area contributed by atoms with Crippen LogP contribution in [0.25, 0.3) is 21.7 Å². The van der Waals surface area contributed by atoms with Crippen LogP contribution in [0.5, 0.6) is 5.75 Å². The zero-order chi connectivity index (χ0) is 18.5. The summed E-state index contributed by atoms with van der Waals surface area (Å²) >= 11 is 0. The molecule has 0 spiro atoms. The van der Waals surface area contributed by atoms with Crippen molar-refractivity contribution in [3.8, 4) is 5.75 Å². The van der Waals surface area contributed by atoms with Crippen molar-refractivity contribution < 1.29 is 18.4 Å². The molecule has 3 heterocycles. The molecule has 0 aliphatic carbocycles. The monoisotopic (exact) mass is 361 g/mol. The number of benzene rings is 2. The van der Waals surface area contributed by atoms with Gasteiger partial charge in [0, 0.05) is 28.3 Å². The van der Waals surface area contributed by atoms with Crippen LogP contribution < -0.4 is 4.74 Å². The molecule has 0 fully saturated rings. The summed E-state index contributed by atoms with van der Waals surface area (Å²) in [6, 6.07) is 11.9. The number of aryl methyl sites for hydroxylation is 1. The van der Waals surface area contributed by atoms with Gasteiger partial charge in [0.25, 0.3) is 0 Å². The molecule has 1 aliphatic rings. The van der Waals surface area contributed by atoms with Gasteiger partial charge in [0.2, 0.25) is 0 Å². The van der Waals surface area contributed by atoms with E-state index >= 15 is 0 Å². The summed E-state index contributed by atoms with van der Waals surface area (Å²) < 4.78 is 17.7. The summed E-state index contributed by atoms with van der Waals surface area (Å²) in [5, 5.41) is 2.86. The number of ether oxygens (including phenoxy) is 1. The lowest BCUT2D eigenvalue weighted by Crippen LogP contribution is -2.31. The molecule has 0 saturated heterocycles. The zero-order valence-electron chi connectivity index (χ0n) is 15.2. The maximum atomic E-state index is 12.4.